The van der Waals surface area contributed by atoms with Crippen molar-refractivity contribution >= 4 is 28.0 Å². The fraction of sp³-hybridized carbons (Fsp3) is 0.286. The molecule has 6 heteroatoms. The maximum Gasteiger partial charge on any atom is 0.192 e. The fourth-order valence-electron chi connectivity index (χ4n) is 3.59. The molecule has 1 saturated heterocycles. The maximum atomic E-state index is 5.67. The molecule has 136 valence electrons. The van der Waals surface area contributed by atoms with E-state index >= 15 is 0 Å². The van der Waals surface area contributed by atoms with Gasteiger partial charge in [0.1, 0.15) is 11.3 Å². The van der Waals surface area contributed by atoms with E-state index in [0.717, 1.165) is 65.3 Å². The first-order valence-corrected chi connectivity index (χ1v) is 9.23. The van der Waals surface area contributed by atoms with Gasteiger partial charge in [0, 0.05) is 33.1 Å². The van der Waals surface area contributed by atoms with Crippen molar-refractivity contribution in [1.29, 1.82) is 0 Å². The molecule has 1 fully saturated rings. The summed E-state index contributed by atoms with van der Waals surface area (Å²) in [7, 11) is 2.16. The number of hydrogen-bond acceptors (Lipinski definition) is 6. The summed E-state index contributed by atoms with van der Waals surface area (Å²) in [6, 6.07) is 12.3. The monoisotopic (exact) mass is 359 g/mol. The van der Waals surface area contributed by atoms with Gasteiger partial charge in [0.05, 0.1) is 17.2 Å². The summed E-state index contributed by atoms with van der Waals surface area (Å²) in [6.45, 7) is 5.94. The molecule has 4 aromatic rings. The van der Waals surface area contributed by atoms with Crippen LogP contribution in [-0.4, -0.2) is 53.1 Å². The molecule has 0 saturated carbocycles. The Morgan fingerprint density at radius 2 is 1.59 bits per heavy atom. The standard InChI is InChI=1S/C21H21N5O/c1-14-23-18-6-4-16(12-20(18)27-14)15-3-5-17-19(11-15)24-21(13-22-17)26-9-7-25(2)8-10-26/h3-6,11-13H,7-10H2,1-2H3. The predicted molar refractivity (Wildman–Crippen MR) is 107 cm³/mol. The summed E-state index contributed by atoms with van der Waals surface area (Å²) < 4.78 is 5.67. The molecule has 0 atom stereocenters. The highest BCUT2D eigenvalue weighted by Crippen LogP contribution is 2.27. The number of oxazole rings is 1. The average Bonchev–Trinajstić information content (AvgIpc) is 3.07. The lowest BCUT2D eigenvalue weighted by molar-refractivity contribution is 0.312. The van der Waals surface area contributed by atoms with Gasteiger partial charge in [-0.2, -0.15) is 0 Å². The lowest BCUT2D eigenvalue weighted by Gasteiger charge is -2.33. The molecule has 0 aliphatic carbocycles. The number of hydrogen-bond donors (Lipinski definition) is 0. The van der Waals surface area contributed by atoms with Crippen LogP contribution in [-0.2, 0) is 0 Å². The van der Waals surface area contributed by atoms with Crippen LogP contribution in [0.1, 0.15) is 5.89 Å². The normalized spacial score (nSPS) is 15.7. The van der Waals surface area contributed by atoms with Gasteiger partial charge in [0.25, 0.3) is 0 Å². The summed E-state index contributed by atoms with van der Waals surface area (Å²) in [6.07, 6.45) is 1.89. The van der Waals surface area contributed by atoms with E-state index in [1.54, 1.807) is 0 Å². The molecular formula is C21H21N5O. The number of fused-ring (bicyclic) bond motifs is 2. The van der Waals surface area contributed by atoms with Crippen LogP contribution in [0.3, 0.4) is 0 Å². The molecular weight excluding hydrogens is 338 g/mol. The van der Waals surface area contributed by atoms with E-state index in [-0.39, 0.29) is 0 Å². The molecule has 0 unspecified atom stereocenters. The van der Waals surface area contributed by atoms with Gasteiger partial charge in [-0.05, 0) is 42.4 Å². The van der Waals surface area contributed by atoms with Gasteiger partial charge in [-0.3, -0.25) is 4.98 Å². The molecule has 2 aromatic heterocycles. The van der Waals surface area contributed by atoms with E-state index < -0.39 is 0 Å². The van der Waals surface area contributed by atoms with Crippen LogP contribution >= 0.6 is 0 Å². The van der Waals surface area contributed by atoms with Gasteiger partial charge in [-0.15, -0.1) is 0 Å². The molecule has 0 amide bonds. The summed E-state index contributed by atoms with van der Waals surface area (Å²) in [4.78, 5) is 18.5. The highest BCUT2D eigenvalue weighted by atomic mass is 16.3. The zero-order chi connectivity index (χ0) is 18.4. The van der Waals surface area contributed by atoms with Crippen LogP contribution < -0.4 is 4.90 Å². The predicted octanol–water partition coefficient (Wildman–Crippen LogP) is 3.50. The third-order valence-corrected chi connectivity index (χ3v) is 5.19. The zero-order valence-corrected chi connectivity index (χ0v) is 15.5. The molecule has 5 rings (SSSR count). The molecule has 0 spiro atoms. The second-order valence-electron chi connectivity index (χ2n) is 7.14. The largest absolute Gasteiger partial charge is 0.441 e. The van der Waals surface area contributed by atoms with Gasteiger partial charge in [-0.1, -0.05) is 12.1 Å². The topological polar surface area (TPSA) is 58.3 Å². The van der Waals surface area contributed by atoms with Crippen molar-refractivity contribution in [1.82, 2.24) is 19.9 Å². The first-order chi connectivity index (χ1) is 13.2. The van der Waals surface area contributed by atoms with E-state index in [4.69, 9.17) is 9.40 Å². The summed E-state index contributed by atoms with van der Waals surface area (Å²) in [5, 5.41) is 0. The minimum atomic E-state index is 0.684. The van der Waals surface area contributed by atoms with E-state index in [2.05, 4.69) is 45.0 Å². The number of rotatable bonds is 2. The molecule has 27 heavy (non-hydrogen) atoms. The van der Waals surface area contributed by atoms with Crippen molar-refractivity contribution in [3.8, 4) is 11.1 Å². The lowest BCUT2D eigenvalue weighted by atomic mass is 10.0. The Hall–Kier alpha value is -2.99. The number of likely N-dealkylation sites (N-methyl/N-ethyl adjacent to an activating group) is 1. The molecule has 6 nitrogen and oxygen atoms in total. The van der Waals surface area contributed by atoms with Crippen LogP contribution in [0.4, 0.5) is 5.82 Å². The van der Waals surface area contributed by atoms with E-state index in [9.17, 15) is 0 Å². The van der Waals surface area contributed by atoms with Crippen LogP contribution in [0.25, 0.3) is 33.3 Å². The maximum absolute atomic E-state index is 5.67. The van der Waals surface area contributed by atoms with Crippen molar-refractivity contribution < 1.29 is 4.42 Å². The molecule has 1 aliphatic heterocycles. The van der Waals surface area contributed by atoms with Crippen molar-refractivity contribution in [2.24, 2.45) is 0 Å². The Labute approximate surface area is 157 Å². The number of anilines is 1. The summed E-state index contributed by atoms with van der Waals surface area (Å²) in [5.41, 5.74) is 5.71. The van der Waals surface area contributed by atoms with Gasteiger partial charge in [0.15, 0.2) is 11.5 Å². The van der Waals surface area contributed by atoms with Crippen molar-refractivity contribution in [2.75, 3.05) is 38.1 Å². The van der Waals surface area contributed by atoms with Crippen molar-refractivity contribution in [3.05, 3.63) is 48.5 Å². The van der Waals surface area contributed by atoms with Gasteiger partial charge < -0.3 is 14.2 Å². The second kappa shape index (κ2) is 6.32. The van der Waals surface area contributed by atoms with Crippen LogP contribution in [0.15, 0.2) is 47.0 Å². The highest BCUT2D eigenvalue weighted by Gasteiger charge is 2.16. The van der Waals surface area contributed by atoms with Gasteiger partial charge in [-0.25, -0.2) is 9.97 Å². The molecule has 0 N–H and O–H groups in total. The minimum Gasteiger partial charge on any atom is -0.441 e. The first-order valence-electron chi connectivity index (χ1n) is 9.23. The molecule has 3 heterocycles. The first kappa shape index (κ1) is 16.2. The van der Waals surface area contributed by atoms with Crippen molar-refractivity contribution in [3.63, 3.8) is 0 Å². The number of nitrogens with zero attached hydrogens (tertiary/aromatic N) is 5. The van der Waals surface area contributed by atoms with Crippen LogP contribution in [0, 0.1) is 6.92 Å². The van der Waals surface area contributed by atoms with Gasteiger partial charge >= 0.3 is 0 Å². The fourth-order valence-corrected chi connectivity index (χ4v) is 3.59. The molecule has 0 radical (unpaired) electrons. The Kier molecular flexibility index (Phi) is 3.79. The quantitative estimate of drug-likeness (QED) is 0.546. The summed E-state index contributed by atoms with van der Waals surface area (Å²) in [5.74, 6) is 1.64. The number of aryl methyl sites for hydroxylation is 1. The van der Waals surface area contributed by atoms with Gasteiger partial charge in [0.2, 0.25) is 0 Å². The van der Waals surface area contributed by atoms with E-state index in [1.807, 2.05) is 31.3 Å². The highest BCUT2D eigenvalue weighted by molar-refractivity contribution is 5.85. The van der Waals surface area contributed by atoms with Crippen LogP contribution in [0.5, 0.6) is 0 Å². The number of aromatic nitrogens is 3. The average molecular weight is 359 g/mol. The number of piperazine rings is 1. The van der Waals surface area contributed by atoms with Crippen LogP contribution in [0.2, 0.25) is 0 Å². The second-order valence-corrected chi connectivity index (χ2v) is 7.14. The Bertz CT molecular complexity index is 1130. The molecule has 1 aliphatic rings. The van der Waals surface area contributed by atoms with E-state index in [1.165, 1.54) is 0 Å². The van der Waals surface area contributed by atoms with E-state index in [0.29, 0.717) is 5.89 Å². The Morgan fingerprint density at radius 3 is 2.41 bits per heavy atom. The molecule has 0 bridgehead atoms. The third-order valence-electron chi connectivity index (χ3n) is 5.19. The molecule has 2 aromatic carbocycles. The number of benzene rings is 2. The minimum absolute atomic E-state index is 0.684. The third kappa shape index (κ3) is 3.02. The Balaban J connectivity index is 1.52. The van der Waals surface area contributed by atoms with Crippen molar-refractivity contribution in [2.45, 2.75) is 6.92 Å². The zero-order valence-electron chi connectivity index (χ0n) is 15.5. The smallest absolute Gasteiger partial charge is 0.192 e. The summed E-state index contributed by atoms with van der Waals surface area (Å²) >= 11 is 0. The Morgan fingerprint density at radius 1 is 0.852 bits per heavy atom. The lowest BCUT2D eigenvalue weighted by Crippen LogP contribution is -2.44. The SMILES string of the molecule is Cc1nc2ccc(-c3ccc4ncc(N5CCN(C)CC5)nc4c3)cc2o1.